The van der Waals surface area contributed by atoms with Crippen molar-refractivity contribution < 1.29 is 23.2 Å². The van der Waals surface area contributed by atoms with Crippen LogP contribution >= 0.6 is 0 Å². The Bertz CT molecular complexity index is 250. The highest BCUT2D eigenvalue weighted by Gasteiger charge is 2.08. The third-order valence-electron chi connectivity index (χ3n) is 0.906. The molecule has 0 spiro atoms. The Kier molecular flexibility index (Phi) is 5.55. The normalized spacial score (nSPS) is 11.5. The van der Waals surface area contributed by atoms with Gasteiger partial charge in [0.1, 0.15) is 0 Å². The van der Waals surface area contributed by atoms with E-state index in [9.17, 15) is 13.2 Å². The molecule has 0 aliphatic carbocycles. The van der Waals surface area contributed by atoms with Gasteiger partial charge < -0.3 is 5.11 Å². The maximum absolute atomic E-state index is 10.8. The summed E-state index contributed by atoms with van der Waals surface area (Å²) in [6, 6.07) is 0. The van der Waals surface area contributed by atoms with Crippen LogP contribution in [0, 0.1) is 0 Å². The van der Waals surface area contributed by atoms with E-state index in [0.717, 1.165) is 0 Å². The lowest BCUT2D eigenvalue weighted by molar-refractivity contribution is -0.143. The van der Waals surface area contributed by atoms with Crippen molar-refractivity contribution in [1.82, 2.24) is 9.61 Å². The van der Waals surface area contributed by atoms with Gasteiger partial charge in [0.05, 0.1) is 0 Å². The third-order valence-corrected chi connectivity index (χ3v) is 1.83. The molecule has 0 aromatic rings. The lowest BCUT2D eigenvalue weighted by Gasteiger charge is -2.05. The Hall–Kier alpha value is -0.700. The Morgan fingerprint density at radius 2 is 2.15 bits per heavy atom. The number of aliphatic carboxylic acids is 1. The summed E-state index contributed by atoms with van der Waals surface area (Å²) in [6.45, 7) is 1.35. The summed E-state index contributed by atoms with van der Waals surface area (Å²) in [5.74, 6) is -1.25. The number of rotatable bonds is 7. The summed E-state index contributed by atoms with van der Waals surface area (Å²) in [7, 11) is -3.72. The highest BCUT2D eigenvalue weighted by Crippen LogP contribution is 1.79. The molecule has 0 radical (unpaired) electrons. The number of hydrogen-bond acceptors (Lipinski definition) is 4. The first kappa shape index (κ1) is 12.3. The molecule has 0 atom stereocenters. The van der Waals surface area contributed by atoms with Gasteiger partial charge in [0, 0.05) is 6.54 Å². The minimum atomic E-state index is -3.72. The largest absolute Gasteiger partial charge is 0.479 e. The quantitative estimate of drug-likeness (QED) is 0.461. The second kappa shape index (κ2) is 5.86. The first-order valence-electron chi connectivity index (χ1n) is 3.58. The molecule has 0 aliphatic heterocycles. The maximum Gasteiger partial charge on any atom is 0.331 e. The second-order valence-electron chi connectivity index (χ2n) is 2.16. The summed E-state index contributed by atoms with van der Waals surface area (Å²) in [5, 5.41) is 8.11. The monoisotopic (exact) mass is 212 g/mol. The topological polar surface area (TPSA) is 105 Å². The highest BCUT2D eigenvalue weighted by molar-refractivity contribution is 7.87. The van der Waals surface area contributed by atoms with Gasteiger partial charge >= 0.3 is 5.97 Å². The van der Waals surface area contributed by atoms with Crippen molar-refractivity contribution >= 4 is 16.2 Å². The van der Waals surface area contributed by atoms with Crippen molar-refractivity contribution in [2.24, 2.45) is 0 Å². The van der Waals surface area contributed by atoms with Crippen LogP contribution in [0.2, 0.25) is 0 Å². The van der Waals surface area contributed by atoms with Crippen LogP contribution in [0.5, 0.6) is 0 Å². The molecule has 0 aliphatic rings. The lowest BCUT2D eigenvalue weighted by Crippen LogP contribution is -2.37. The molecule has 0 unspecified atom stereocenters. The molecule has 0 amide bonds. The molecule has 0 saturated heterocycles. The molecule has 0 aromatic carbocycles. The fraction of sp³-hybridized carbons (Fsp3) is 0.800. The third kappa shape index (κ3) is 7.65. The van der Waals surface area contributed by atoms with Gasteiger partial charge in [0.15, 0.2) is 6.61 Å². The molecule has 13 heavy (non-hydrogen) atoms. The Morgan fingerprint density at radius 3 is 2.62 bits per heavy atom. The number of hydrogen-bond donors (Lipinski definition) is 3. The minimum absolute atomic E-state index is 0.270. The Balaban J connectivity index is 3.70. The molecule has 0 fully saturated rings. The standard InChI is InChI=1S/C5H12N2O5S/c1-2-3-6-13(10,11)7-12-4-5(8)9/h6-7H,2-4H2,1H3,(H,8,9). The molecule has 0 aromatic heterocycles. The van der Waals surface area contributed by atoms with Gasteiger partial charge in [-0.3, -0.25) is 4.84 Å². The van der Waals surface area contributed by atoms with Gasteiger partial charge in [-0.15, -0.1) is 0 Å². The van der Waals surface area contributed by atoms with Crippen LogP contribution in [0.4, 0.5) is 0 Å². The summed E-state index contributed by atoms with van der Waals surface area (Å²) in [4.78, 5) is 15.7. The van der Waals surface area contributed by atoms with Crippen LogP contribution in [0.15, 0.2) is 0 Å². The minimum Gasteiger partial charge on any atom is -0.479 e. The summed E-state index contributed by atoms with van der Waals surface area (Å²) in [6.07, 6.45) is 0.639. The molecule has 0 saturated carbocycles. The molecular weight excluding hydrogens is 200 g/mol. The Labute approximate surface area is 76.2 Å². The van der Waals surface area contributed by atoms with Crippen LogP contribution in [0.3, 0.4) is 0 Å². The first-order valence-corrected chi connectivity index (χ1v) is 5.06. The fourth-order valence-corrected chi connectivity index (χ4v) is 1.18. The average molecular weight is 212 g/mol. The summed E-state index contributed by atoms with van der Waals surface area (Å²) in [5.41, 5.74) is 0. The predicted octanol–water partition coefficient (Wildman–Crippen LogP) is -1.16. The van der Waals surface area contributed by atoms with Gasteiger partial charge in [0.2, 0.25) is 0 Å². The maximum atomic E-state index is 10.8. The van der Waals surface area contributed by atoms with E-state index in [4.69, 9.17) is 5.11 Å². The van der Waals surface area contributed by atoms with Crippen molar-refractivity contribution in [3.05, 3.63) is 0 Å². The molecule has 7 nitrogen and oxygen atoms in total. The van der Waals surface area contributed by atoms with E-state index in [0.29, 0.717) is 6.42 Å². The zero-order chi connectivity index (χ0) is 10.3. The molecule has 3 N–H and O–H groups in total. The zero-order valence-corrected chi connectivity index (χ0v) is 7.93. The van der Waals surface area contributed by atoms with Crippen LogP contribution in [0.25, 0.3) is 0 Å². The van der Waals surface area contributed by atoms with Crippen molar-refractivity contribution in [3.8, 4) is 0 Å². The summed E-state index contributed by atoms with van der Waals surface area (Å²) < 4.78 is 23.8. The SMILES string of the molecule is CCCNS(=O)(=O)NOCC(=O)O. The fourth-order valence-electron chi connectivity index (χ4n) is 0.435. The van der Waals surface area contributed by atoms with Gasteiger partial charge in [-0.25, -0.2) is 9.52 Å². The highest BCUT2D eigenvalue weighted by atomic mass is 32.2. The van der Waals surface area contributed by atoms with Crippen molar-refractivity contribution in [1.29, 1.82) is 0 Å². The molecule has 0 heterocycles. The van der Waals surface area contributed by atoms with E-state index in [-0.39, 0.29) is 6.54 Å². The molecule has 0 bridgehead atoms. The van der Waals surface area contributed by atoms with Crippen molar-refractivity contribution in [2.45, 2.75) is 13.3 Å². The Morgan fingerprint density at radius 1 is 1.54 bits per heavy atom. The summed E-state index contributed by atoms with van der Waals surface area (Å²) >= 11 is 0. The van der Waals surface area contributed by atoms with E-state index < -0.39 is 22.8 Å². The van der Waals surface area contributed by atoms with E-state index in [1.54, 1.807) is 11.8 Å². The predicted molar refractivity (Wildman–Crippen MR) is 43.9 cm³/mol. The van der Waals surface area contributed by atoms with E-state index >= 15 is 0 Å². The van der Waals surface area contributed by atoms with E-state index in [1.807, 2.05) is 0 Å². The number of nitrogens with one attached hydrogen (secondary N) is 2. The second-order valence-corrected chi connectivity index (χ2v) is 3.63. The van der Waals surface area contributed by atoms with E-state index in [1.165, 1.54) is 0 Å². The smallest absolute Gasteiger partial charge is 0.331 e. The molecule has 0 rings (SSSR count). The molecule has 78 valence electrons. The average Bonchev–Trinajstić information content (AvgIpc) is 2.00. The molecular formula is C5H12N2O5S. The molecule has 8 heteroatoms. The van der Waals surface area contributed by atoms with Crippen LogP contribution in [-0.2, 0) is 19.8 Å². The van der Waals surface area contributed by atoms with Gasteiger partial charge in [-0.1, -0.05) is 11.8 Å². The lowest BCUT2D eigenvalue weighted by atomic mass is 10.5. The van der Waals surface area contributed by atoms with E-state index in [2.05, 4.69) is 9.56 Å². The van der Waals surface area contributed by atoms with Gasteiger partial charge in [0.25, 0.3) is 10.2 Å². The first-order chi connectivity index (χ1) is 5.98. The van der Waals surface area contributed by atoms with Crippen LogP contribution in [0.1, 0.15) is 13.3 Å². The van der Waals surface area contributed by atoms with Crippen LogP contribution < -0.4 is 9.61 Å². The number of carboxylic acid groups (broad SMARTS) is 1. The van der Waals surface area contributed by atoms with Gasteiger partial charge in [-0.05, 0) is 6.42 Å². The van der Waals surface area contributed by atoms with Crippen LogP contribution in [-0.4, -0.2) is 32.6 Å². The zero-order valence-electron chi connectivity index (χ0n) is 7.11. The van der Waals surface area contributed by atoms with Crippen molar-refractivity contribution in [3.63, 3.8) is 0 Å². The van der Waals surface area contributed by atoms with Crippen molar-refractivity contribution in [2.75, 3.05) is 13.2 Å². The van der Waals surface area contributed by atoms with Gasteiger partial charge in [-0.2, -0.15) is 8.42 Å². The number of carbonyl (C=O) groups is 1. The number of carboxylic acids is 1.